The molecule has 2 fully saturated rings. The number of aromatic amines is 1. The van der Waals surface area contributed by atoms with Gasteiger partial charge in [-0.3, -0.25) is 0 Å². The average Bonchev–Trinajstić information content (AvgIpc) is 2.98. The molecule has 23 heavy (non-hydrogen) atoms. The Kier molecular flexibility index (Phi) is 5.96. The SMILES string of the molecule is C=CC1CCCCCCC2C(c3ncc(C)[nH]3)CCCCCC12. The molecule has 2 nitrogen and oxygen atoms in total. The van der Waals surface area contributed by atoms with Crippen molar-refractivity contribution in [3.8, 4) is 0 Å². The Morgan fingerprint density at radius 2 is 1.61 bits per heavy atom. The molecule has 0 spiro atoms. The Balaban J connectivity index is 1.90. The van der Waals surface area contributed by atoms with Gasteiger partial charge in [0.05, 0.1) is 0 Å². The van der Waals surface area contributed by atoms with Crippen LogP contribution in [0.15, 0.2) is 18.9 Å². The third kappa shape index (κ3) is 4.08. The van der Waals surface area contributed by atoms with Crippen LogP contribution in [0.4, 0.5) is 0 Å². The number of aromatic nitrogens is 2. The van der Waals surface area contributed by atoms with Gasteiger partial charge in [0.15, 0.2) is 0 Å². The summed E-state index contributed by atoms with van der Waals surface area (Å²) in [6.45, 7) is 6.34. The zero-order chi connectivity index (χ0) is 16.1. The first-order valence-corrected chi connectivity index (χ1v) is 9.93. The van der Waals surface area contributed by atoms with Gasteiger partial charge < -0.3 is 4.98 Å². The summed E-state index contributed by atoms with van der Waals surface area (Å²) in [7, 11) is 0. The summed E-state index contributed by atoms with van der Waals surface area (Å²) < 4.78 is 0. The van der Waals surface area contributed by atoms with Crippen LogP contribution in [0.1, 0.15) is 88.1 Å². The Labute approximate surface area is 142 Å². The van der Waals surface area contributed by atoms with Crippen molar-refractivity contribution in [1.29, 1.82) is 0 Å². The fourth-order valence-corrected chi connectivity index (χ4v) is 5.18. The van der Waals surface area contributed by atoms with Gasteiger partial charge in [0.2, 0.25) is 0 Å². The lowest BCUT2D eigenvalue weighted by Gasteiger charge is -2.38. The monoisotopic (exact) mass is 314 g/mol. The standard InChI is InChI=1S/C21H34N2/c1-3-17-11-7-4-5-8-13-19-18(17)12-9-6-10-14-20(19)21-22-15-16(2)23-21/h3,15,17-20H,1,4-14H2,2H3,(H,22,23). The lowest BCUT2D eigenvalue weighted by molar-refractivity contribution is 0.164. The van der Waals surface area contributed by atoms with Crippen LogP contribution in [-0.4, -0.2) is 9.97 Å². The molecular weight excluding hydrogens is 280 g/mol. The van der Waals surface area contributed by atoms with E-state index in [2.05, 4.69) is 24.6 Å². The Hall–Kier alpha value is -1.05. The number of nitrogens with zero attached hydrogens (tertiary/aromatic N) is 1. The smallest absolute Gasteiger partial charge is 0.109 e. The third-order valence-electron chi connectivity index (χ3n) is 6.37. The highest BCUT2D eigenvalue weighted by molar-refractivity contribution is 5.08. The second-order valence-corrected chi connectivity index (χ2v) is 7.91. The summed E-state index contributed by atoms with van der Waals surface area (Å²) >= 11 is 0. The maximum absolute atomic E-state index is 4.75. The fourth-order valence-electron chi connectivity index (χ4n) is 5.18. The van der Waals surface area contributed by atoms with Crippen molar-refractivity contribution in [2.24, 2.45) is 17.8 Å². The summed E-state index contributed by atoms with van der Waals surface area (Å²) in [5.41, 5.74) is 1.21. The second kappa shape index (κ2) is 8.17. The molecule has 2 aliphatic carbocycles. The summed E-state index contributed by atoms with van der Waals surface area (Å²) in [4.78, 5) is 8.32. The van der Waals surface area contributed by atoms with Gasteiger partial charge in [-0.25, -0.2) is 4.98 Å². The Morgan fingerprint density at radius 1 is 0.957 bits per heavy atom. The third-order valence-corrected chi connectivity index (χ3v) is 6.37. The molecule has 1 aromatic heterocycles. The molecule has 0 saturated heterocycles. The number of allylic oxidation sites excluding steroid dienone is 1. The molecule has 1 aromatic rings. The van der Waals surface area contributed by atoms with Crippen LogP contribution in [0.3, 0.4) is 0 Å². The van der Waals surface area contributed by atoms with E-state index >= 15 is 0 Å². The van der Waals surface area contributed by atoms with Crippen LogP contribution in [0.25, 0.3) is 0 Å². The van der Waals surface area contributed by atoms with E-state index in [-0.39, 0.29) is 0 Å². The van der Waals surface area contributed by atoms with E-state index in [9.17, 15) is 0 Å². The lowest BCUT2D eigenvalue weighted by atomic mass is 9.67. The molecule has 2 heteroatoms. The van der Waals surface area contributed by atoms with E-state index in [1.807, 2.05) is 6.20 Å². The summed E-state index contributed by atoms with van der Waals surface area (Å²) in [6, 6.07) is 0. The van der Waals surface area contributed by atoms with Crippen molar-refractivity contribution in [1.82, 2.24) is 9.97 Å². The van der Waals surface area contributed by atoms with E-state index in [0.717, 1.165) is 17.8 Å². The minimum atomic E-state index is 0.634. The molecule has 2 aliphatic rings. The molecule has 2 saturated carbocycles. The maximum Gasteiger partial charge on any atom is 0.109 e. The van der Waals surface area contributed by atoms with Gasteiger partial charge in [-0.15, -0.1) is 6.58 Å². The zero-order valence-corrected chi connectivity index (χ0v) is 14.9. The largest absolute Gasteiger partial charge is 0.346 e. The highest BCUT2D eigenvalue weighted by Crippen LogP contribution is 2.45. The van der Waals surface area contributed by atoms with Gasteiger partial charge in [0.1, 0.15) is 5.82 Å². The van der Waals surface area contributed by atoms with Gasteiger partial charge in [0, 0.05) is 17.8 Å². The first-order valence-electron chi connectivity index (χ1n) is 9.93. The highest BCUT2D eigenvalue weighted by atomic mass is 14.9. The molecule has 0 bridgehead atoms. The number of imidazole rings is 1. The van der Waals surface area contributed by atoms with Crippen LogP contribution in [0, 0.1) is 24.7 Å². The molecule has 0 aliphatic heterocycles. The Bertz CT molecular complexity index is 490. The van der Waals surface area contributed by atoms with Crippen LogP contribution < -0.4 is 0 Å². The number of rotatable bonds is 2. The number of nitrogens with one attached hydrogen (secondary N) is 1. The van der Waals surface area contributed by atoms with Gasteiger partial charge in [-0.1, -0.05) is 51.0 Å². The molecule has 1 N–H and O–H groups in total. The van der Waals surface area contributed by atoms with Crippen molar-refractivity contribution >= 4 is 0 Å². The number of fused-ring (bicyclic) bond motifs is 1. The maximum atomic E-state index is 4.75. The first-order chi connectivity index (χ1) is 11.3. The first kappa shape index (κ1) is 16.8. The van der Waals surface area contributed by atoms with Crippen molar-refractivity contribution in [3.05, 3.63) is 30.4 Å². The van der Waals surface area contributed by atoms with Crippen molar-refractivity contribution in [2.75, 3.05) is 0 Å². The fraction of sp³-hybridized carbons (Fsp3) is 0.762. The van der Waals surface area contributed by atoms with Crippen LogP contribution in [0.2, 0.25) is 0 Å². The van der Waals surface area contributed by atoms with Crippen LogP contribution in [-0.2, 0) is 0 Å². The topological polar surface area (TPSA) is 28.7 Å². The van der Waals surface area contributed by atoms with Crippen molar-refractivity contribution < 1.29 is 0 Å². The van der Waals surface area contributed by atoms with Crippen LogP contribution in [0.5, 0.6) is 0 Å². The number of hydrogen-bond donors (Lipinski definition) is 1. The molecule has 1 heterocycles. The molecular formula is C21H34N2. The van der Waals surface area contributed by atoms with Crippen molar-refractivity contribution in [2.45, 2.75) is 83.5 Å². The van der Waals surface area contributed by atoms with E-state index in [0.29, 0.717) is 5.92 Å². The van der Waals surface area contributed by atoms with Gasteiger partial charge in [0.25, 0.3) is 0 Å². The van der Waals surface area contributed by atoms with Gasteiger partial charge in [-0.2, -0.15) is 0 Å². The minimum Gasteiger partial charge on any atom is -0.346 e. The molecule has 0 amide bonds. The summed E-state index contributed by atoms with van der Waals surface area (Å²) in [6.07, 6.45) is 19.6. The number of aryl methyl sites for hydroxylation is 1. The second-order valence-electron chi connectivity index (χ2n) is 7.91. The molecule has 0 radical (unpaired) electrons. The Morgan fingerprint density at radius 3 is 2.30 bits per heavy atom. The molecule has 3 rings (SSSR count). The molecule has 0 aromatic carbocycles. The van der Waals surface area contributed by atoms with E-state index in [1.54, 1.807) is 0 Å². The minimum absolute atomic E-state index is 0.634. The summed E-state index contributed by atoms with van der Waals surface area (Å²) in [5.74, 6) is 4.23. The quantitative estimate of drug-likeness (QED) is 0.651. The normalized spacial score (nSPS) is 33.4. The highest BCUT2D eigenvalue weighted by Gasteiger charge is 2.36. The zero-order valence-electron chi connectivity index (χ0n) is 14.9. The molecule has 128 valence electrons. The van der Waals surface area contributed by atoms with E-state index < -0.39 is 0 Å². The van der Waals surface area contributed by atoms with Gasteiger partial charge >= 0.3 is 0 Å². The number of H-pyrrole nitrogens is 1. The molecule has 4 atom stereocenters. The predicted molar refractivity (Wildman–Crippen MR) is 97.5 cm³/mol. The summed E-state index contributed by atoms with van der Waals surface area (Å²) in [5, 5.41) is 0. The van der Waals surface area contributed by atoms with Crippen LogP contribution >= 0.6 is 0 Å². The lowest BCUT2D eigenvalue weighted by Crippen LogP contribution is -2.29. The average molecular weight is 315 g/mol. The predicted octanol–water partition coefficient (Wildman–Crippen LogP) is 6.15. The number of hydrogen-bond acceptors (Lipinski definition) is 1. The van der Waals surface area contributed by atoms with Crippen molar-refractivity contribution in [3.63, 3.8) is 0 Å². The van der Waals surface area contributed by atoms with Gasteiger partial charge in [-0.05, 0) is 50.4 Å². The molecule has 4 unspecified atom stereocenters. The van der Waals surface area contributed by atoms with E-state index in [4.69, 9.17) is 4.98 Å². The van der Waals surface area contributed by atoms with E-state index in [1.165, 1.54) is 82.1 Å².